The number of rotatable bonds is 6. The summed E-state index contributed by atoms with van der Waals surface area (Å²) < 4.78 is 37.3. The smallest absolute Gasteiger partial charge is 0.410 e. The highest BCUT2D eigenvalue weighted by molar-refractivity contribution is 7.85. The lowest BCUT2D eigenvalue weighted by atomic mass is 9.97. The second-order valence-electron chi connectivity index (χ2n) is 14.6. The van der Waals surface area contributed by atoms with Gasteiger partial charge in [-0.3, -0.25) is 4.18 Å². The van der Waals surface area contributed by atoms with Gasteiger partial charge in [-0.05, 0) is 128 Å². The molecule has 0 atom stereocenters. The predicted molar refractivity (Wildman–Crippen MR) is 211 cm³/mol. The van der Waals surface area contributed by atoms with Gasteiger partial charge in [0.2, 0.25) is 0 Å². The summed E-state index contributed by atoms with van der Waals surface area (Å²) in [6.07, 6.45) is 3.93. The quantitative estimate of drug-likeness (QED) is 0.218. The van der Waals surface area contributed by atoms with Crippen LogP contribution in [0.5, 0.6) is 0 Å². The Morgan fingerprint density at radius 2 is 1.13 bits per heavy atom. The number of nitriles is 2. The minimum absolute atomic E-state index is 0. The van der Waals surface area contributed by atoms with Crippen molar-refractivity contribution in [2.75, 3.05) is 56.6 Å². The topological polar surface area (TPSA) is 188 Å². The second-order valence-corrected chi connectivity index (χ2v) is 16.3. The Labute approximate surface area is 318 Å². The average molecular weight is 759 g/mol. The number of hydrogen-bond donors (Lipinski definition) is 2. The van der Waals surface area contributed by atoms with Crippen LogP contribution < -0.4 is 11.1 Å². The Morgan fingerprint density at radius 3 is 1.49 bits per heavy atom. The van der Waals surface area contributed by atoms with Gasteiger partial charge in [0.15, 0.2) is 0 Å². The van der Waals surface area contributed by atoms with Crippen molar-refractivity contribution in [3.8, 4) is 12.1 Å². The first kappa shape index (κ1) is 48.5. The summed E-state index contributed by atoms with van der Waals surface area (Å²) in [5, 5.41) is 20.5. The number of nitrogen functional groups attached to an aromatic ring is 1. The van der Waals surface area contributed by atoms with Gasteiger partial charge in [-0.25, -0.2) is 9.59 Å². The number of nitrogens with one attached hydrogen (secondary N) is 1. The number of anilines is 2. The maximum absolute atomic E-state index is 12.0. The third-order valence-corrected chi connectivity index (χ3v) is 8.26. The highest BCUT2D eigenvalue weighted by atomic mass is 32.2. The van der Waals surface area contributed by atoms with Gasteiger partial charge in [0, 0.05) is 44.1 Å². The molecule has 0 saturated carbocycles. The monoisotopic (exact) mass is 758 g/mol. The number of nitrogens with two attached hydrogens (primary N) is 1. The van der Waals surface area contributed by atoms with Crippen LogP contribution in [0.15, 0.2) is 48.5 Å². The molecule has 296 valence electrons. The van der Waals surface area contributed by atoms with Crippen molar-refractivity contribution in [2.45, 2.75) is 93.3 Å². The number of likely N-dealkylation sites (tertiary alicyclic amines) is 2. The third kappa shape index (κ3) is 20.9. The van der Waals surface area contributed by atoms with E-state index in [4.69, 9.17) is 29.9 Å². The summed E-state index contributed by atoms with van der Waals surface area (Å²) in [4.78, 5) is 27.3. The molecule has 2 aromatic rings. The van der Waals surface area contributed by atoms with E-state index < -0.39 is 21.3 Å². The molecule has 53 heavy (non-hydrogen) atoms. The van der Waals surface area contributed by atoms with E-state index in [1.54, 1.807) is 34.1 Å². The van der Waals surface area contributed by atoms with Crippen LogP contribution in [0.4, 0.5) is 21.0 Å². The maximum atomic E-state index is 12.0. The number of benzene rings is 2. The number of amides is 2. The molecule has 2 saturated heterocycles. The molecule has 2 amide bonds. The standard InChI is InChI=1S/C18H25N3O2.C12H23NO5S.C7H6N2.2CH4/c1-18(2,3)23-17(22)21-10-8-15(9-11-21)13-20-16-6-4-14(12-19)5-7-16;1-12(2,3)18-11(14)13-7-5-10(6-8-13)9-17-19(4,15)16;8-5-6-1-3-7(9)4-2-6;;/h4-7,15,20H,8-11,13H2,1-3H3;10H,5-9H2,1-4H3;1-4H,9H2;2*1H4. The van der Waals surface area contributed by atoms with Crippen molar-refractivity contribution in [2.24, 2.45) is 11.8 Å². The molecule has 2 aliphatic heterocycles. The fraction of sp³-hybridized carbons (Fsp3) is 0.590. The second kappa shape index (κ2) is 22.5. The van der Waals surface area contributed by atoms with E-state index in [9.17, 15) is 18.0 Å². The molecule has 2 fully saturated rings. The van der Waals surface area contributed by atoms with Gasteiger partial charge in [0.1, 0.15) is 11.2 Å². The normalized spacial score (nSPS) is 14.9. The number of carbonyl (C=O) groups excluding carboxylic acids is 2. The lowest BCUT2D eigenvalue weighted by Crippen LogP contribution is -2.42. The first-order chi connectivity index (χ1) is 23.8. The van der Waals surface area contributed by atoms with Crippen LogP contribution in [0, 0.1) is 34.5 Å². The molecule has 0 spiro atoms. The first-order valence-corrected chi connectivity index (χ1v) is 18.9. The van der Waals surface area contributed by atoms with Crippen molar-refractivity contribution in [3.05, 3.63) is 59.7 Å². The average Bonchev–Trinajstić information content (AvgIpc) is 3.06. The number of ether oxygens (including phenoxy) is 2. The summed E-state index contributed by atoms with van der Waals surface area (Å²) in [6.45, 7) is 14.9. The molecule has 0 radical (unpaired) electrons. The zero-order chi connectivity index (χ0) is 38.2. The summed E-state index contributed by atoms with van der Waals surface area (Å²) >= 11 is 0. The van der Waals surface area contributed by atoms with Crippen molar-refractivity contribution >= 4 is 33.7 Å². The Balaban J connectivity index is 0.000000813. The Bertz CT molecular complexity index is 1570. The largest absolute Gasteiger partial charge is 0.444 e. The van der Waals surface area contributed by atoms with E-state index >= 15 is 0 Å². The van der Waals surface area contributed by atoms with Crippen LogP contribution in [-0.4, -0.2) is 87.2 Å². The van der Waals surface area contributed by atoms with E-state index in [0.717, 1.165) is 57.3 Å². The predicted octanol–water partition coefficient (Wildman–Crippen LogP) is 7.64. The van der Waals surface area contributed by atoms with Gasteiger partial charge in [0.05, 0.1) is 36.1 Å². The van der Waals surface area contributed by atoms with Gasteiger partial charge in [-0.15, -0.1) is 0 Å². The van der Waals surface area contributed by atoms with Gasteiger partial charge >= 0.3 is 12.2 Å². The summed E-state index contributed by atoms with van der Waals surface area (Å²) in [7, 11) is -3.38. The van der Waals surface area contributed by atoms with E-state index in [-0.39, 0.29) is 39.6 Å². The third-order valence-electron chi connectivity index (χ3n) is 7.70. The van der Waals surface area contributed by atoms with Gasteiger partial charge in [-0.1, -0.05) is 14.9 Å². The van der Waals surface area contributed by atoms with E-state index in [0.29, 0.717) is 35.8 Å². The van der Waals surface area contributed by atoms with Crippen LogP contribution in [0.1, 0.15) is 93.2 Å². The van der Waals surface area contributed by atoms with Crippen molar-refractivity contribution in [1.29, 1.82) is 10.5 Å². The van der Waals surface area contributed by atoms with Gasteiger partial charge < -0.3 is 30.3 Å². The van der Waals surface area contributed by atoms with E-state index in [1.165, 1.54) is 0 Å². The number of carbonyl (C=O) groups is 2. The Hall–Kier alpha value is -4.53. The highest BCUT2D eigenvalue weighted by Gasteiger charge is 2.28. The molecule has 4 rings (SSSR count). The minimum atomic E-state index is -3.38. The molecule has 2 aliphatic rings. The van der Waals surface area contributed by atoms with Gasteiger partial charge in [-0.2, -0.15) is 18.9 Å². The molecule has 0 unspecified atom stereocenters. The molecular weight excluding hydrogens is 697 g/mol. The Kier molecular flexibility index (Phi) is 20.6. The minimum Gasteiger partial charge on any atom is -0.444 e. The van der Waals surface area contributed by atoms with Crippen molar-refractivity contribution < 1.29 is 31.7 Å². The molecule has 0 aromatic heterocycles. The lowest BCUT2D eigenvalue weighted by molar-refractivity contribution is 0.0162. The highest BCUT2D eigenvalue weighted by Crippen LogP contribution is 2.22. The lowest BCUT2D eigenvalue weighted by Gasteiger charge is -2.33. The molecule has 3 N–H and O–H groups in total. The van der Waals surface area contributed by atoms with Crippen LogP contribution in [0.25, 0.3) is 0 Å². The number of hydrogen-bond acceptors (Lipinski definition) is 11. The zero-order valence-corrected chi connectivity index (χ0v) is 31.8. The van der Waals surface area contributed by atoms with Crippen LogP contribution in [0.3, 0.4) is 0 Å². The van der Waals surface area contributed by atoms with Crippen LogP contribution >= 0.6 is 0 Å². The number of nitrogens with zero attached hydrogens (tertiary/aromatic N) is 4. The van der Waals surface area contributed by atoms with Gasteiger partial charge in [0.25, 0.3) is 10.1 Å². The molecule has 13 nitrogen and oxygen atoms in total. The Morgan fingerprint density at radius 1 is 0.755 bits per heavy atom. The SMILES string of the molecule is C.C.CC(C)(C)OC(=O)N1CCC(CNc2ccc(C#N)cc2)CC1.CC(C)(C)OC(=O)N1CCC(COS(C)(=O)=O)CC1.N#Cc1ccc(N)cc1. The fourth-order valence-corrected chi connectivity index (χ4v) is 5.40. The maximum Gasteiger partial charge on any atom is 0.410 e. The summed E-state index contributed by atoms with van der Waals surface area (Å²) in [5.74, 6) is 0.720. The van der Waals surface area contributed by atoms with Crippen LogP contribution in [0.2, 0.25) is 0 Å². The fourth-order valence-electron chi connectivity index (χ4n) is 4.96. The van der Waals surface area contributed by atoms with E-state index in [1.807, 2.05) is 71.9 Å². The molecule has 2 aromatic carbocycles. The first-order valence-electron chi connectivity index (χ1n) is 17.1. The number of piperidine rings is 2. The molecule has 0 bridgehead atoms. The molecular formula is C39H62N6O7S. The van der Waals surface area contributed by atoms with Crippen molar-refractivity contribution in [1.82, 2.24) is 9.80 Å². The molecule has 2 heterocycles. The van der Waals surface area contributed by atoms with E-state index in [2.05, 4.69) is 11.4 Å². The molecule has 14 heteroatoms. The zero-order valence-electron chi connectivity index (χ0n) is 31.0. The van der Waals surface area contributed by atoms with Crippen molar-refractivity contribution in [3.63, 3.8) is 0 Å². The summed E-state index contributed by atoms with van der Waals surface area (Å²) in [6, 6.07) is 18.4. The summed E-state index contributed by atoms with van der Waals surface area (Å²) in [5.41, 5.74) is 7.47. The van der Waals surface area contributed by atoms with Crippen LogP contribution in [-0.2, 0) is 23.8 Å². The molecule has 0 aliphatic carbocycles.